The molecule has 35 heavy (non-hydrogen) atoms. The smallest absolute Gasteiger partial charge is 0.414 e. The summed E-state index contributed by atoms with van der Waals surface area (Å²) in [5.74, 6) is 2.28. The molecule has 1 amide bonds. The molecule has 0 radical (unpaired) electrons. The standard InChI is InChI=1S/C25H27N5O5/c1-32-22-5-3-19-24(29-22)18(6-7-27-19)23(15-11-26-12-15)28-13-17-14-30(25(31)35-17)16-2-4-20-21(10-16)34-9-8-33-20/h2-7,10,15,17,23,26,28H,8-9,11-14H2,1H3. The summed E-state index contributed by atoms with van der Waals surface area (Å²) in [5.41, 5.74) is 3.43. The van der Waals surface area contributed by atoms with Crippen LogP contribution in [0.4, 0.5) is 10.5 Å². The number of cyclic esters (lactones) is 1. The van der Waals surface area contributed by atoms with E-state index in [0.717, 1.165) is 35.4 Å². The van der Waals surface area contributed by atoms with Crippen molar-refractivity contribution in [2.24, 2.45) is 5.92 Å². The second kappa shape index (κ2) is 9.20. The molecular formula is C25H27N5O5. The van der Waals surface area contributed by atoms with Crippen LogP contribution in [0, 0.1) is 5.92 Å². The minimum Gasteiger partial charge on any atom is -0.486 e. The first kappa shape index (κ1) is 21.9. The number of methoxy groups -OCH3 is 1. The van der Waals surface area contributed by atoms with Gasteiger partial charge in [0.2, 0.25) is 5.88 Å². The van der Waals surface area contributed by atoms with Crippen LogP contribution in [0.3, 0.4) is 0 Å². The zero-order chi connectivity index (χ0) is 23.8. The summed E-state index contributed by atoms with van der Waals surface area (Å²) >= 11 is 0. The predicted molar refractivity (Wildman–Crippen MR) is 128 cm³/mol. The van der Waals surface area contributed by atoms with Crippen LogP contribution in [-0.4, -0.2) is 68.7 Å². The number of pyridine rings is 2. The van der Waals surface area contributed by atoms with Gasteiger partial charge in [0.25, 0.3) is 0 Å². The van der Waals surface area contributed by atoms with E-state index in [2.05, 4.69) is 20.6 Å². The third-order valence-electron chi connectivity index (χ3n) is 6.70. The van der Waals surface area contributed by atoms with Crippen LogP contribution in [0.15, 0.2) is 42.6 Å². The predicted octanol–water partition coefficient (Wildman–Crippen LogP) is 2.29. The Labute approximate surface area is 202 Å². The average Bonchev–Trinajstić information content (AvgIpc) is 3.24. The number of hydrogen-bond donors (Lipinski definition) is 2. The van der Waals surface area contributed by atoms with Crippen molar-refractivity contribution in [1.29, 1.82) is 0 Å². The van der Waals surface area contributed by atoms with E-state index in [0.29, 0.717) is 49.6 Å². The molecule has 0 spiro atoms. The van der Waals surface area contributed by atoms with Crippen molar-refractivity contribution >= 4 is 22.8 Å². The van der Waals surface area contributed by atoms with Crippen molar-refractivity contribution in [3.8, 4) is 17.4 Å². The van der Waals surface area contributed by atoms with Crippen molar-refractivity contribution in [3.05, 3.63) is 48.2 Å². The lowest BCUT2D eigenvalue weighted by molar-refractivity contribution is 0.133. The summed E-state index contributed by atoms with van der Waals surface area (Å²) in [5, 5.41) is 7.01. The van der Waals surface area contributed by atoms with Gasteiger partial charge in [-0.15, -0.1) is 0 Å². The van der Waals surface area contributed by atoms with Gasteiger partial charge in [0, 0.05) is 49.9 Å². The number of hydrogen-bond acceptors (Lipinski definition) is 9. The number of fused-ring (bicyclic) bond motifs is 2. The van der Waals surface area contributed by atoms with Crippen molar-refractivity contribution in [2.45, 2.75) is 12.1 Å². The molecule has 2 fully saturated rings. The molecule has 2 N–H and O–H groups in total. The highest BCUT2D eigenvalue weighted by Gasteiger charge is 2.35. The Morgan fingerprint density at radius 1 is 1.17 bits per heavy atom. The fourth-order valence-corrected chi connectivity index (χ4v) is 4.77. The molecule has 2 atom stereocenters. The van der Waals surface area contributed by atoms with Gasteiger partial charge in [-0.25, -0.2) is 9.78 Å². The fraction of sp³-hybridized carbons (Fsp3) is 0.400. The van der Waals surface area contributed by atoms with Crippen molar-refractivity contribution < 1.29 is 23.7 Å². The molecule has 3 aliphatic heterocycles. The normalized spacial score (nSPS) is 20.4. The lowest BCUT2D eigenvalue weighted by atomic mass is 9.88. The first-order chi connectivity index (χ1) is 17.2. The molecule has 2 unspecified atom stereocenters. The maximum absolute atomic E-state index is 12.7. The summed E-state index contributed by atoms with van der Waals surface area (Å²) in [6, 6.07) is 11.3. The van der Waals surface area contributed by atoms with Crippen LogP contribution in [0.2, 0.25) is 0 Å². The molecule has 10 heteroatoms. The number of nitrogens with zero attached hydrogens (tertiary/aromatic N) is 3. The highest BCUT2D eigenvalue weighted by Crippen LogP contribution is 2.35. The van der Waals surface area contributed by atoms with Crippen molar-refractivity contribution in [3.63, 3.8) is 0 Å². The second-order valence-corrected chi connectivity index (χ2v) is 8.87. The zero-order valence-corrected chi connectivity index (χ0v) is 19.4. The highest BCUT2D eigenvalue weighted by atomic mass is 16.6. The minimum atomic E-state index is -0.365. The van der Waals surface area contributed by atoms with Crippen LogP contribution >= 0.6 is 0 Å². The Bertz CT molecular complexity index is 1250. The number of carbonyl (C=O) groups is 1. The number of nitrogens with one attached hydrogen (secondary N) is 2. The lowest BCUT2D eigenvalue weighted by Crippen LogP contribution is -2.50. The summed E-state index contributed by atoms with van der Waals surface area (Å²) in [6.07, 6.45) is 1.16. The molecule has 1 aromatic carbocycles. The van der Waals surface area contributed by atoms with Gasteiger partial charge in [-0.05, 0) is 29.8 Å². The third-order valence-corrected chi connectivity index (χ3v) is 6.70. The molecule has 2 saturated heterocycles. The Balaban J connectivity index is 1.19. The lowest BCUT2D eigenvalue weighted by Gasteiger charge is -2.36. The number of benzene rings is 1. The van der Waals surface area contributed by atoms with Gasteiger partial charge in [-0.1, -0.05) is 0 Å². The summed E-state index contributed by atoms with van der Waals surface area (Å²) < 4.78 is 22.3. The third kappa shape index (κ3) is 4.19. The number of rotatable bonds is 7. The SMILES string of the molecule is COc1ccc2nccc(C(NCC3CN(c4ccc5c(c4)OCCO5)C(=O)O3)C3CNC3)c2n1. The van der Waals surface area contributed by atoms with Gasteiger partial charge >= 0.3 is 6.09 Å². The molecule has 3 aromatic rings. The number of anilines is 1. The Hall–Kier alpha value is -3.63. The highest BCUT2D eigenvalue weighted by molar-refractivity contribution is 5.90. The van der Waals surface area contributed by atoms with Crippen LogP contribution in [0.5, 0.6) is 17.4 Å². The molecule has 3 aliphatic rings. The molecule has 0 saturated carbocycles. The summed E-state index contributed by atoms with van der Waals surface area (Å²) in [7, 11) is 1.61. The maximum atomic E-state index is 12.7. The number of ether oxygens (including phenoxy) is 4. The van der Waals surface area contributed by atoms with Crippen LogP contribution in [0.25, 0.3) is 11.0 Å². The molecule has 0 bridgehead atoms. The molecule has 0 aliphatic carbocycles. The Kier molecular flexibility index (Phi) is 5.75. The average molecular weight is 478 g/mol. The molecule has 2 aromatic heterocycles. The minimum absolute atomic E-state index is 0.0309. The van der Waals surface area contributed by atoms with Crippen molar-refractivity contribution in [1.82, 2.24) is 20.6 Å². The number of amides is 1. The number of carbonyl (C=O) groups excluding carboxylic acids is 1. The topological polar surface area (TPSA) is 107 Å². The van der Waals surface area contributed by atoms with Crippen molar-refractivity contribution in [2.75, 3.05) is 51.4 Å². The molecule has 6 rings (SSSR count). The maximum Gasteiger partial charge on any atom is 0.414 e. The van der Waals surface area contributed by atoms with Gasteiger partial charge in [0.05, 0.1) is 30.4 Å². The van der Waals surface area contributed by atoms with E-state index in [1.54, 1.807) is 12.0 Å². The van der Waals surface area contributed by atoms with Crippen LogP contribution in [-0.2, 0) is 4.74 Å². The molecule has 5 heterocycles. The fourth-order valence-electron chi connectivity index (χ4n) is 4.77. The molecular weight excluding hydrogens is 450 g/mol. The summed E-state index contributed by atoms with van der Waals surface area (Å²) in [6.45, 7) is 3.79. The summed E-state index contributed by atoms with van der Waals surface area (Å²) in [4.78, 5) is 23.5. The van der Waals surface area contributed by atoms with E-state index in [4.69, 9.17) is 18.9 Å². The van der Waals surface area contributed by atoms with Crippen LogP contribution in [0.1, 0.15) is 11.6 Å². The van der Waals surface area contributed by atoms with E-state index in [-0.39, 0.29) is 18.2 Å². The van der Waals surface area contributed by atoms with E-state index in [1.807, 2.05) is 42.6 Å². The first-order valence-electron chi connectivity index (χ1n) is 11.8. The van der Waals surface area contributed by atoms with E-state index in [1.165, 1.54) is 0 Å². The van der Waals surface area contributed by atoms with E-state index >= 15 is 0 Å². The van der Waals surface area contributed by atoms with Crippen LogP contribution < -0.4 is 29.7 Å². The molecule has 10 nitrogen and oxygen atoms in total. The van der Waals surface area contributed by atoms with Gasteiger partial charge in [-0.2, -0.15) is 0 Å². The Morgan fingerprint density at radius 3 is 2.83 bits per heavy atom. The van der Waals surface area contributed by atoms with Gasteiger partial charge < -0.3 is 29.6 Å². The van der Waals surface area contributed by atoms with Gasteiger partial charge in [0.1, 0.15) is 19.3 Å². The largest absolute Gasteiger partial charge is 0.486 e. The number of aromatic nitrogens is 2. The van der Waals surface area contributed by atoms with Gasteiger partial charge in [0.15, 0.2) is 11.5 Å². The Morgan fingerprint density at radius 2 is 2.03 bits per heavy atom. The van der Waals surface area contributed by atoms with E-state index < -0.39 is 0 Å². The zero-order valence-electron chi connectivity index (χ0n) is 19.4. The molecule has 182 valence electrons. The van der Waals surface area contributed by atoms with E-state index in [9.17, 15) is 4.79 Å². The monoisotopic (exact) mass is 477 g/mol. The first-order valence-corrected chi connectivity index (χ1v) is 11.8. The second-order valence-electron chi connectivity index (χ2n) is 8.87. The van der Waals surface area contributed by atoms with Gasteiger partial charge in [-0.3, -0.25) is 9.88 Å². The quantitative estimate of drug-likeness (QED) is 0.530.